The van der Waals surface area contributed by atoms with E-state index in [4.69, 9.17) is 18.5 Å². The minimum absolute atomic E-state index is 0.0378. The molecule has 14 heteroatoms. The van der Waals surface area contributed by atoms with E-state index in [0.29, 0.717) is 13.6 Å². The third-order valence-electron chi connectivity index (χ3n) is 5.83. The molecule has 0 unspecified atom stereocenters. The molecule has 2 aromatic carbocycles. The van der Waals surface area contributed by atoms with Crippen LogP contribution in [0.2, 0.25) is 0 Å². The van der Waals surface area contributed by atoms with Gasteiger partial charge in [-0.05, 0) is 13.8 Å². The Morgan fingerprint density at radius 3 is 2.27 bits per heavy atom. The molecule has 2 aromatic rings. The van der Waals surface area contributed by atoms with Gasteiger partial charge in [0, 0.05) is 0 Å². The Morgan fingerprint density at radius 2 is 1.71 bits per heavy atom. The van der Waals surface area contributed by atoms with Crippen LogP contribution in [0.25, 0.3) is 0 Å². The van der Waals surface area contributed by atoms with E-state index in [1.165, 1.54) is 29.6 Å². The quantitative estimate of drug-likeness (QED) is 0.142. The molecule has 0 radical (unpaired) electrons. The molecule has 226 valence electrons. The molecule has 0 aliphatic carbocycles. The maximum atomic E-state index is 13.9. The topological polar surface area (TPSA) is 141 Å². The molecule has 2 rings (SSSR count). The first-order valence-corrected chi connectivity index (χ1v) is 16.5. The fourth-order valence-corrected chi connectivity index (χ4v) is 6.98. The molecule has 0 saturated carbocycles. The van der Waals surface area contributed by atoms with Crippen LogP contribution in [0.1, 0.15) is 33.3 Å². The number of aliphatic hydroxyl groups is 1. The van der Waals surface area contributed by atoms with Gasteiger partial charge in [0.05, 0.1) is 20.3 Å². The van der Waals surface area contributed by atoms with Crippen LogP contribution >= 0.6 is 7.60 Å². The van der Waals surface area contributed by atoms with E-state index >= 15 is 0 Å². The van der Waals surface area contributed by atoms with Crippen LogP contribution in [0, 0.1) is 5.92 Å². The van der Waals surface area contributed by atoms with Gasteiger partial charge in [-0.2, -0.15) is 0 Å². The number of sulfonamides is 1. The van der Waals surface area contributed by atoms with Crippen molar-refractivity contribution in [3.63, 3.8) is 0 Å². The number of aliphatic imine (C=N–C) groups is 1. The molecule has 0 heterocycles. The average Bonchev–Trinajstić information content (AvgIpc) is 2.94. The van der Waals surface area contributed by atoms with Crippen molar-refractivity contribution in [1.82, 2.24) is 4.31 Å². The second-order valence-corrected chi connectivity index (χ2v) is 13.4. The maximum absolute atomic E-state index is 13.9. The van der Waals surface area contributed by atoms with Gasteiger partial charge in [0.15, 0.2) is 0 Å². The fourth-order valence-electron chi connectivity index (χ4n) is 4.03. The molecule has 0 spiro atoms. The number of methoxy groups -OCH3 is 1. The van der Waals surface area contributed by atoms with Crippen molar-refractivity contribution in [2.24, 2.45) is 10.9 Å². The summed E-state index contributed by atoms with van der Waals surface area (Å²) in [5.41, 5.74) is 0.881. The number of benzene rings is 2. The number of nitrogens with zero attached hydrogens (tertiary/aromatic N) is 2. The molecule has 0 bridgehead atoms. The monoisotopic (exact) mass is 610 g/mol. The second-order valence-electron chi connectivity index (χ2n) is 9.51. The van der Waals surface area contributed by atoms with Crippen LogP contribution in [0.15, 0.2) is 58.4 Å². The first-order chi connectivity index (χ1) is 19.5. The fraction of sp³-hybridized carbons (Fsp3) is 0.519. The number of rotatable bonds is 19. The molecule has 0 amide bonds. The third kappa shape index (κ3) is 10.7. The molecule has 0 saturated heterocycles. The minimum atomic E-state index is -4.15. The number of hydrogen-bond acceptors (Lipinski definition) is 10. The standard InChI is InChI=1S/C27H40BN2O9PS/c1-6-38-40(33,39-7-2)20-37-27-16-23(13-14-26(27)36-5)41(34,35)30(17-21(3)4)18-25(31)24(29-19-28-32)15-22-11-9-8-10-12-22/h8-14,16,19,21,24-25,31H,6-7,15,17-18,20H2,1-5H3/b29-19+/t24-,25+/m0/s1. The molecule has 11 nitrogen and oxygen atoms in total. The molecule has 2 atom stereocenters. The van der Waals surface area contributed by atoms with Gasteiger partial charge >= 0.3 is 196 Å². The first kappa shape index (κ1) is 34.8. The zero-order valence-corrected chi connectivity index (χ0v) is 25.9. The van der Waals surface area contributed by atoms with Gasteiger partial charge in [-0.25, -0.2) is 0 Å². The predicted molar refractivity (Wildman–Crippen MR) is 158 cm³/mol. The summed E-state index contributed by atoms with van der Waals surface area (Å²) in [6, 6.07) is 12.6. The number of aliphatic hydroxyl groups excluding tert-OH is 1. The SMILES string of the molecule is CCOP(=O)(COc1cc(S(=O)(=O)N(CC(C)C)C[C@@H](O)[C@H](Cc2ccccc2)/N=C/B=O)ccc1OC)OCC. The van der Waals surface area contributed by atoms with Gasteiger partial charge < -0.3 is 9.05 Å². The third-order valence-corrected chi connectivity index (χ3v) is 9.41. The van der Waals surface area contributed by atoms with E-state index in [1.54, 1.807) is 13.8 Å². The molecule has 1 N–H and O–H groups in total. The van der Waals surface area contributed by atoms with Crippen molar-refractivity contribution >= 4 is 30.9 Å². The van der Waals surface area contributed by atoms with Crippen LogP contribution in [-0.4, -0.2) is 83.0 Å². The zero-order valence-electron chi connectivity index (χ0n) is 24.2. The number of hydrogen-bond donors (Lipinski definition) is 1. The van der Waals surface area contributed by atoms with Gasteiger partial charge in [0.2, 0.25) is 0 Å². The van der Waals surface area contributed by atoms with E-state index < -0.39 is 36.1 Å². The van der Waals surface area contributed by atoms with Crippen LogP contribution in [0.3, 0.4) is 0 Å². The van der Waals surface area contributed by atoms with Crippen molar-refractivity contribution in [3.05, 3.63) is 54.1 Å². The number of ether oxygens (including phenoxy) is 2. The van der Waals surface area contributed by atoms with E-state index in [1.807, 2.05) is 44.2 Å². The van der Waals surface area contributed by atoms with Gasteiger partial charge in [-0.1, -0.05) is 0 Å². The minimum Gasteiger partial charge on any atom is -0.307 e. The van der Waals surface area contributed by atoms with Gasteiger partial charge in [-0.3, -0.25) is 4.57 Å². The molecule has 0 fully saturated rings. The van der Waals surface area contributed by atoms with Crippen molar-refractivity contribution in [2.75, 3.05) is 39.8 Å². The summed E-state index contributed by atoms with van der Waals surface area (Å²) in [6.07, 6.45) is -0.285. The molecule has 0 aliphatic rings. The van der Waals surface area contributed by atoms with E-state index in [2.05, 4.69) is 4.99 Å². The Balaban J connectivity index is 2.39. The summed E-state index contributed by atoms with van der Waals surface area (Å²) in [4.78, 5) is 4.08. The first-order valence-electron chi connectivity index (χ1n) is 13.4. The molecular weight excluding hydrogens is 570 g/mol. The Bertz CT molecular complexity index is 1270. The van der Waals surface area contributed by atoms with Crippen molar-refractivity contribution in [3.8, 4) is 11.5 Å². The van der Waals surface area contributed by atoms with Crippen LogP contribution < -0.4 is 9.47 Å². The van der Waals surface area contributed by atoms with Crippen molar-refractivity contribution < 1.29 is 41.3 Å². The van der Waals surface area contributed by atoms with Crippen LogP contribution in [0.5, 0.6) is 11.5 Å². The zero-order chi connectivity index (χ0) is 30.5. The van der Waals surface area contributed by atoms with Gasteiger partial charge in [0.1, 0.15) is 0 Å². The Morgan fingerprint density at radius 1 is 1.05 bits per heavy atom. The van der Waals surface area contributed by atoms with E-state index in [0.717, 1.165) is 11.7 Å². The van der Waals surface area contributed by atoms with Crippen molar-refractivity contribution in [2.45, 2.75) is 51.2 Å². The van der Waals surface area contributed by atoms with Crippen LogP contribution in [0.4, 0.5) is 0 Å². The summed E-state index contributed by atoms with van der Waals surface area (Å²) in [7, 11) is -5.83. The van der Waals surface area contributed by atoms with Gasteiger partial charge in [-0.15, -0.1) is 0 Å². The Kier molecular flexibility index (Phi) is 14.3. The summed E-state index contributed by atoms with van der Waals surface area (Å²) >= 11 is 0. The summed E-state index contributed by atoms with van der Waals surface area (Å²) < 4.78 is 74.4. The summed E-state index contributed by atoms with van der Waals surface area (Å²) in [5, 5.41) is 11.2. The van der Waals surface area contributed by atoms with Crippen LogP contribution in [-0.2, 0) is 34.8 Å². The smallest absolute Gasteiger partial charge is 0.307 e. The average molecular weight is 610 g/mol. The van der Waals surface area contributed by atoms with E-state index in [9.17, 15) is 22.8 Å². The molecular formula is C27H40BN2O9PS. The van der Waals surface area contributed by atoms with Gasteiger partial charge in [0.25, 0.3) is 0 Å². The van der Waals surface area contributed by atoms with E-state index in [-0.39, 0.29) is 48.6 Å². The Hall–Kier alpha value is -2.41. The van der Waals surface area contributed by atoms with Crippen molar-refractivity contribution in [1.29, 1.82) is 0 Å². The summed E-state index contributed by atoms with van der Waals surface area (Å²) in [6.45, 7) is 7.20. The normalized spacial score (nSPS) is 13.9. The predicted octanol–water partition coefficient (Wildman–Crippen LogP) is 3.99. The molecule has 0 aromatic heterocycles. The molecule has 0 aliphatic heterocycles. The second kappa shape index (κ2) is 16.9. The Labute approximate surface area is 243 Å². The molecule has 41 heavy (non-hydrogen) atoms. The summed E-state index contributed by atoms with van der Waals surface area (Å²) in [5.74, 6) is 0.195.